The minimum Gasteiger partial charge on any atom is -0.394 e. The van der Waals surface area contributed by atoms with Crippen LogP contribution in [0.1, 0.15) is 15.6 Å². The lowest BCUT2D eigenvalue weighted by Gasteiger charge is -1.99. The van der Waals surface area contributed by atoms with Gasteiger partial charge in [-0.3, -0.25) is 0 Å². The number of thioether (sulfide) groups is 1. The largest absolute Gasteiger partial charge is 0.394 e. The van der Waals surface area contributed by atoms with Crippen molar-refractivity contribution in [3.8, 4) is 0 Å². The fourth-order valence-electron chi connectivity index (χ4n) is 1.26. The highest BCUT2D eigenvalue weighted by atomic mass is 32.2. The van der Waals surface area contributed by atoms with Crippen molar-refractivity contribution in [3.63, 3.8) is 0 Å². The standard InChI is InChI=1S/C9H13N5OS2/c1-6-7(2)17-8(10-6)5-16-9-11-12-13-14(9)3-4-15/h15H,3-5H2,1-2H3. The first kappa shape index (κ1) is 12.5. The monoisotopic (exact) mass is 271 g/mol. The first-order valence-electron chi connectivity index (χ1n) is 5.13. The second kappa shape index (κ2) is 5.56. The van der Waals surface area contributed by atoms with Gasteiger partial charge in [-0.2, -0.15) is 0 Å². The van der Waals surface area contributed by atoms with Crippen LogP contribution in [0.2, 0.25) is 0 Å². The maximum Gasteiger partial charge on any atom is 0.209 e. The van der Waals surface area contributed by atoms with Crippen molar-refractivity contribution < 1.29 is 5.11 Å². The van der Waals surface area contributed by atoms with Crippen molar-refractivity contribution in [1.29, 1.82) is 0 Å². The number of aromatic nitrogens is 5. The molecule has 0 aromatic carbocycles. The van der Waals surface area contributed by atoms with Crippen LogP contribution >= 0.6 is 23.1 Å². The van der Waals surface area contributed by atoms with E-state index in [9.17, 15) is 0 Å². The zero-order chi connectivity index (χ0) is 12.3. The minimum atomic E-state index is 0.0358. The van der Waals surface area contributed by atoms with Gasteiger partial charge in [-0.25, -0.2) is 9.67 Å². The maximum atomic E-state index is 8.85. The number of aryl methyl sites for hydroxylation is 2. The summed E-state index contributed by atoms with van der Waals surface area (Å²) in [6, 6.07) is 0. The fourth-order valence-corrected chi connectivity index (χ4v) is 3.09. The molecule has 2 rings (SSSR count). The molecule has 0 radical (unpaired) electrons. The number of tetrazole rings is 1. The van der Waals surface area contributed by atoms with E-state index in [0.717, 1.165) is 16.5 Å². The molecular weight excluding hydrogens is 258 g/mol. The summed E-state index contributed by atoms with van der Waals surface area (Å²) in [4.78, 5) is 5.70. The predicted molar refractivity (Wildman–Crippen MR) is 66.1 cm³/mol. The number of nitrogens with zero attached hydrogens (tertiary/aromatic N) is 5. The van der Waals surface area contributed by atoms with E-state index in [0.29, 0.717) is 11.7 Å². The van der Waals surface area contributed by atoms with Gasteiger partial charge in [0, 0.05) is 4.88 Å². The molecule has 17 heavy (non-hydrogen) atoms. The molecular formula is C9H13N5OS2. The lowest BCUT2D eigenvalue weighted by Crippen LogP contribution is -2.05. The van der Waals surface area contributed by atoms with E-state index in [1.54, 1.807) is 16.0 Å². The smallest absolute Gasteiger partial charge is 0.209 e. The second-order valence-electron chi connectivity index (χ2n) is 3.45. The average molecular weight is 271 g/mol. The topological polar surface area (TPSA) is 76.7 Å². The van der Waals surface area contributed by atoms with Crippen LogP contribution in [0, 0.1) is 13.8 Å². The predicted octanol–water partition coefficient (Wildman–Crippen LogP) is 1.03. The van der Waals surface area contributed by atoms with Crippen molar-refractivity contribution in [1.82, 2.24) is 25.2 Å². The van der Waals surface area contributed by atoms with E-state index in [1.807, 2.05) is 6.92 Å². The van der Waals surface area contributed by atoms with Gasteiger partial charge in [0.15, 0.2) is 0 Å². The molecule has 0 spiro atoms. The summed E-state index contributed by atoms with van der Waals surface area (Å²) < 4.78 is 1.60. The van der Waals surface area contributed by atoms with E-state index in [-0.39, 0.29) is 6.61 Å². The Hall–Kier alpha value is -0.990. The van der Waals surface area contributed by atoms with E-state index in [2.05, 4.69) is 27.4 Å². The summed E-state index contributed by atoms with van der Waals surface area (Å²) in [6.45, 7) is 4.53. The third kappa shape index (κ3) is 3.02. The summed E-state index contributed by atoms with van der Waals surface area (Å²) >= 11 is 3.23. The van der Waals surface area contributed by atoms with Gasteiger partial charge in [-0.15, -0.1) is 16.4 Å². The number of hydrogen-bond donors (Lipinski definition) is 1. The molecule has 2 aromatic rings. The van der Waals surface area contributed by atoms with Crippen LogP contribution in [0.15, 0.2) is 5.16 Å². The summed E-state index contributed by atoms with van der Waals surface area (Å²) in [7, 11) is 0. The van der Waals surface area contributed by atoms with Crippen LogP contribution in [0.25, 0.3) is 0 Å². The van der Waals surface area contributed by atoms with E-state index in [4.69, 9.17) is 5.11 Å². The Morgan fingerprint density at radius 3 is 2.88 bits per heavy atom. The van der Waals surface area contributed by atoms with Gasteiger partial charge in [-0.05, 0) is 24.3 Å². The molecule has 2 heterocycles. The normalized spacial score (nSPS) is 11.0. The lowest BCUT2D eigenvalue weighted by molar-refractivity contribution is 0.262. The molecule has 0 saturated heterocycles. The summed E-state index contributed by atoms with van der Waals surface area (Å²) in [5.74, 6) is 0.755. The maximum absolute atomic E-state index is 8.85. The highest BCUT2D eigenvalue weighted by Gasteiger charge is 2.09. The number of hydrogen-bond acceptors (Lipinski definition) is 7. The number of aliphatic hydroxyl groups is 1. The average Bonchev–Trinajstić information content (AvgIpc) is 2.85. The molecule has 0 amide bonds. The zero-order valence-electron chi connectivity index (χ0n) is 9.62. The minimum absolute atomic E-state index is 0.0358. The van der Waals surface area contributed by atoms with Crippen LogP contribution < -0.4 is 0 Å². The Kier molecular flexibility index (Phi) is 4.08. The Morgan fingerprint density at radius 2 is 2.24 bits per heavy atom. The Balaban J connectivity index is 1.99. The SMILES string of the molecule is Cc1nc(CSc2nnnn2CCO)sc1C. The van der Waals surface area contributed by atoms with Crippen molar-refractivity contribution in [2.75, 3.05) is 6.61 Å². The van der Waals surface area contributed by atoms with Crippen LogP contribution in [0.4, 0.5) is 0 Å². The van der Waals surface area contributed by atoms with Gasteiger partial charge in [0.1, 0.15) is 5.01 Å². The highest BCUT2D eigenvalue weighted by molar-refractivity contribution is 7.98. The molecule has 6 nitrogen and oxygen atoms in total. The van der Waals surface area contributed by atoms with Crippen LogP contribution in [-0.4, -0.2) is 36.9 Å². The molecule has 0 fully saturated rings. The quantitative estimate of drug-likeness (QED) is 0.819. The number of aliphatic hydroxyl groups excluding tert-OH is 1. The molecule has 8 heteroatoms. The summed E-state index contributed by atoms with van der Waals surface area (Å²) in [5.41, 5.74) is 1.08. The molecule has 2 aromatic heterocycles. The van der Waals surface area contributed by atoms with Gasteiger partial charge in [0.25, 0.3) is 0 Å². The van der Waals surface area contributed by atoms with Crippen LogP contribution in [0.5, 0.6) is 0 Å². The molecule has 0 saturated carbocycles. The van der Waals surface area contributed by atoms with Crippen LogP contribution in [0.3, 0.4) is 0 Å². The summed E-state index contributed by atoms with van der Waals surface area (Å²) in [6.07, 6.45) is 0. The number of thiazole rings is 1. The Labute approximate surface area is 107 Å². The van der Waals surface area contributed by atoms with Crippen LogP contribution in [-0.2, 0) is 12.3 Å². The van der Waals surface area contributed by atoms with E-state index < -0.39 is 0 Å². The third-order valence-electron chi connectivity index (χ3n) is 2.21. The lowest BCUT2D eigenvalue weighted by atomic mass is 10.4. The van der Waals surface area contributed by atoms with E-state index >= 15 is 0 Å². The molecule has 0 aliphatic heterocycles. The van der Waals surface area contributed by atoms with Gasteiger partial charge >= 0.3 is 0 Å². The molecule has 0 aliphatic carbocycles. The Morgan fingerprint density at radius 1 is 1.41 bits per heavy atom. The fraction of sp³-hybridized carbons (Fsp3) is 0.556. The molecule has 0 aliphatic rings. The van der Waals surface area contributed by atoms with Crippen molar-refractivity contribution in [2.24, 2.45) is 0 Å². The molecule has 0 unspecified atom stereocenters. The van der Waals surface area contributed by atoms with Crippen molar-refractivity contribution >= 4 is 23.1 Å². The van der Waals surface area contributed by atoms with E-state index in [1.165, 1.54) is 16.6 Å². The van der Waals surface area contributed by atoms with Gasteiger partial charge in [-0.1, -0.05) is 11.8 Å². The number of rotatable bonds is 5. The highest BCUT2D eigenvalue weighted by Crippen LogP contribution is 2.24. The van der Waals surface area contributed by atoms with Crippen molar-refractivity contribution in [3.05, 3.63) is 15.6 Å². The van der Waals surface area contributed by atoms with Gasteiger partial charge in [0.05, 0.1) is 24.6 Å². The van der Waals surface area contributed by atoms with Crippen molar-refractivity contribution in [2.45, 2.75) is 31.3 Å². The molecule has 1 N–H and O–H groups in total. The summed E-state index contributed by atoms with van der Waals surface area (Å²) in [5, 5.41) is 21.9. The molecule has 0 bridgehead atoms. The van der Waals surface area contributed by atoms with Gasteiger partial charge < -0.3 is 5.11 Å². The Bertz CT molecular complexity index is 476. The third-order valence-corrected chi connectivity index (χ3v) is 4.43. The molecule has 0 atom stereocenters. The van der Waals surface area contributed by atoms with Gasteiger partial charge in [0.2, 0.25) is 5.16 Å². The second-order valence-corrected chi connectivity index (χ2v) is 5.68. The zero-order valence-corrected chi connectivity index (χ0v) is 11.3. The first-order valence-corrected chi connectivity index (χ1v) is 6.93. The molecule has 92 valence electrons. The first-order chi connectivity index (χ1) is 8.20.